The molecule has 0 saturated heterocycles. The maximum atomic E-state index is 12.4. The summed E-state index contributed by atoms with van der Waals surface area (Å²) in [5.41, 5.74) is 4.15. The SMILES string of the molecule is CC(CCCC(=O)N[C@@H]1C[C@H]2C[C@@]2(C(=O)O)C1)NC(=O)OCC1c2ccccc2-c2ccccc21. The summed E-state index contributed by atoms with van der Waals surface area (Å²) in [6, 6.07) is 16.3. The van der Waals surface area contributed by atoms with Crippen LogP contribution in [0.5, 0.6) is 0 Å². The minimum absolute atomic E-state index is 0.0223. The van der Waals surface area contributed by atoms with Crippen molar-refractivity contribution < 1.29 is 24.2 Å². The van der Waals surface area contributed by atoms with Gasteiger partial charge in [-0.3, -0.25) is 9.59 Å². The van der Waals surface area contributed by atoms with Gasteiger partial charge in [0.1, 0.15) is 6.61 Å². The van der Waals surface area contributed by atoms with Crippen LogP contribution >= 0.6 is 0 Å². The zero-order chi connectivity index (χ0) is 24.6. The van der Waals surface area contributed by atoms with Crippen molar-refractivity contribution in [1.82, 2.24) is 10.6 Å². The molecule has 7 nitrogen and oxygen atoms in total. The first-order chi connectivity index (χ1) is 16.9. The largest absolute Gasteiger partial charge is 0.481 e. The van der Waals surface area contributed by atoms with Gasteiger partial charge in [-0.25, -0.2) is 4.79 Å². The van der Waals surface area contributed by atoms with Crippen LogP contribution in [0.15, 0.2) is 48.5 Å². The van der Waals surface area contributed by atoms with Crippen molar-refractivity contribution in [2.24, 2.45) is 11.3 Å². The van der Waals surface area contributed by atoms with Crippen LogP contribution in [0.3, 0.4) is 0 Å². The number of alkyl carbamates (subject to hydrolysis) is 1. The second-order valence-corrected chi connectivity index (χ2v) is 10.3. The minimum atomic E-state index is -0.729. The third-order valence-corrected chi connectivity index (χ3v) is 7.95. The second kappa shape index (κ2) is 9.36. The van der Waals surface area contributed by atoms with E-state index < -0.39 is 17.5 Å². The van der Waals surface area contributed by atoms with Crippen LogP contribution in [0.4, 0.5) is 4.79 Å². The van der Waals surface area contributed by atoms with Gasteiger partial charge in [0.15, 0.2) is 0 Å². The summed E-state index contributed by atoms with van der Waals surface area (Å²) in [7, 11) is 0. The Balaban J connectivity index is 1.03. The van der Waals surface area contributed by atoms with E-state index in [1.807, 2.05) is 31.2 Å². The monoisotopic (exact) mass is 476 g/mol. The summed E-state index contributed by atoms with van der Waals surface area (Å²) in [5, 5.41) is 15.2. The van der Waals surface area contributed by atoms with Crippen LogP contribution in [0.1, 0.15) is 62.5 Å². The molecule has 2 fully saturated rings. The molecule has 5 rings (SSSR count). The van der Waals surface area contributed by atoms with Gasteiger partial charge < -0.3 is 20.5 Å². The summed E-state index contributed by atoms with van der Waals surface area (Å²) in [4.78, 5) is 36.1. The lowest BCUT2D eigenvalue weighted by molar-refractivity contribution is -0.143. The number of hydrogen-bond acceptors (Lipinski definition) is 4. The third-order valence-electron chi connectivity index (χ3n) is 7.95. The van der Waals surface area contributed by atoms with Crippen molar-refractivity contribution in [3.63, 3.8) is 0 Å². The zero-order valence-corrected chi connectivity index (χ0v) is 20.0. The topological polar surface area (TPSA) is 105 Å². The molecule has 0 aromatic heterocycles. The molecule has 0 bridgehead atoms. The molecule has 0 heterocycles. The van der Waals surface area contributed by atoms with Crippen LogP contribution in [0.2, 0.25) is 0 Å². The Labute approximate surface area is 205 Å². The Bertz CT molecular complexity index is 1100. The van der Waals surface area contributed by atoms with Crippen molar-refractivity contribution in [2.75, 3.05) is 6.61 Å². The molecule has 0 spiro atoms. The molecule has 3 N–H and O–H groups in total. The number of amides is 2. The van der Waals surface area contributed by atoms with Crippen LogP contribution < -0.4 is 10.6 Å². The van der Waals surface area contributed by atoms with Crippen molar-refractivity contribution in [3.05, 3.63) is 59.7 Å². The number of carbonyl (C=O) groups is 3. The van der Waals surface area contributed by atoms with Gasteiger partial charge in [-0.2, -0.15) is 0 Å². The summed E-state index contributed by atoms with van der Waals surface area (Å²) in [6.45, 7) is 2.18. The quantitative estimate of drug-likeness (QED) is 0.496. The molecule has 1 unspecified atom stereocenters. The van der Waals surface area contributed by atoms with Gasteiger partial charge in [-0.1, -0.05) is 48.5 Å². The van der Waals surface area contributed by atoms with Crippen molar-refractivity contribution in [3.8, 4) is 11.1 Å². The highest BCUT2D eigenvalue weighted by Crippen LogP contribution is 2.63. The molecule has 3 aliphatic rings. The van der Waals surface area contributed by atoms with Crippen LogP contribution in [0.25, 0.3) is 11.1 Å². The fraction of sp³-hybridized carbons (Fsp3) is 0.464. The Morgan fingerprint density at radius 3 is 2.34 bits per heavy atom. The molecule has 0 radical (unpaired) electrons. The number of benzene rings is 2. The second-order valence-electron chi connectivity index (χ2n) is 10.3. The average Bonchev–Trinajstić information content (AvgIpc) is 3.26. The Kier molecular flexibility index (Phi) is 6.26. The molecule has 4 atom stereocenters. The van der Waals surface area contributed by atoms with E-state index in [-0.39, 0.29) is 36.4 Å². The number of carboxylic acids is 1. The molecule has 2 aromatic carbocycles. The van der Waals surface area contributed by atoms with Gasteiger partial charge in [-0.15, -0.1) is 0 Å². The highest BCUT2D eigenvalue weighted by atomic mass is 16.5. The standard InChI is InChI=1S/C28H32N2O5/c1-17(7-6-12-25(31)30-19-13-18-14-28(18,15-19)26(32)33)29-27(34)35-16-24-22-10-4-2-8-20(22)21-9-3-5-11-23(21)24/h2-5,8-11,17-19,24H,6-7,12-16H2,1H3,(H,29,34)(H,30,31)(H,32,33)/t17?,18-,19+,28+/m0/s1. The first-order valence-corrected chi connectivity index (χ1v) is 12.5. The zero-order valence-electron chi connectivity index (χ0n) is 20.0. The number of nitrogens with one attached hydrogen (secondary N) is 2. The number of aliphatic carboxylic acids is 1. The Hall–Kier alpha value is -3.35. The molecule has 2 amide bonds. The maximum Gasteiger partial charge on any atom is 0.407 e. The molecular formula is C28H32N2O5. The number of rotatable bonds is 9. The molecule has 0 aliphatic heterocycles. The summed E-state index contributed by atoms with van der Waals surface area (Å²) >= 11 is 0. The third kappa shape index (κ3) is 4.64. The normalized spacial score (nSPS) is 24.6. The smallest absolute Gasteiger partial charge is 0.407 e. The van der Waals surface area contributed by atoms with Crippen LogP contribution in [-0.4, -0.2) is 41.8 Å². The number of hydrogen-bond donors (Lipinski definition) is 3. The number of ether oxygens (including phenoxy) is 1. The predicted octanol–water partition coefficient (Wildman–Crippen LogP) is 4.45. The molecule has 2 aromatic rings. The van der Waals surface area contributed by atoms with E-state index in [1.165, 1.54) is 22.3 Å². The van der Waals surface area contributed by atoms with E-state index in [0.29, 0.717) is 25.7 Å². The van der Waals surface area contributed by atoms with Gasteiger partial charge in [0.05, 0.1) is 5.41 Å². The van der Waals surface area contributed by atoms with Gasteiger partial charge in [-0.05, 0) is 67.2 Å². The van der Waals surface area contributed by atoms with E-state index in [1.54, 1.807) is 0 Å². The summed E-state index contributed by atoms with van der Waals surface area (Å²) in [5.74, 6) is -0.543. The molecular weight excluding hydrogens is 444 g/mol. The van der Waals surface area contributed by atoms with E-state index in [4.69, 9.17) is 4.74 Å². The van der Waals surface area contributed by atoms with Gasteiger partial charge >= 0.3 is 12.1 Å². The van der Waals surface area contributed by atoms with Crippen molar-refractivity contribution in [1.29, 1.82) is 0 Å². The Morgan fingerprint density at radius 1 is 1.06 bits per heavy atom. The molecule has 184 valence electrons. The van der Waals surface area contributed by atoms with E-state index in [9.17, 15) is 19.5 Å². The first-order valence-electron chi connectivity index (χ1n) is 12.5. The van der Waals surface area contributed by atoms with Crippen LogP contribution in [0, 0.1) is 11.3 Å². The average molecular weight is 477 g/mol. The number of carbonyl (C=O) groups excluding carboxylic acids is 2. The molecule has 2 saturated carbocycles. The van der Waals surface area contributed by atoms with Crippen molar-refractivity contribution >= 4 is 18.0 Å². The predicted molar refractivity (Wildman–Crippen MR) is 131 cm³/mol. The van der Waals surface area contributed by atoms with Gasteiger partial charge in [0.2, 0.25) is 5.91 Å². The highest BCUT2D eigenvalue weighted by Gasteiger charge is 2.65. The lowest BCUT2D eigenvalue weighted by Crippen LogP contribution is -2.36. The number of fused-ring (bicyclic) bond motifs is 4. The fourth-order valence-electron chi connectivity index (χ4n) is 6.05. The summed E-state index contributed by atoms with van der Waals surface area (Å²) < 4.78 is 5.59. The summed E-state index contributed by atoms with van der Waals surface area (Å²) in [6.07, 6.45) is 3.25. The fourth-order valence-corrected chi connectivity index (χ4v) is 6.05. The minimum Gasteiger partial charge on any atom is -0.481 e. The Morgan fingerprint density at radius 2 is 1.71 bits per heavy atom. The van der Waals surface area contributed by atoms with E-state index >= 15 is 0 Å². The van der Waals surface area contributed by atoms with Crippen LogP contribution in [-0.2, 0) is 14.3 Å². The number of carboxylic acid groups (broad SMARTS) is 1. The molecule has 35 heavy (non-hydrogen) atoms. The van der Waals surface area contributed by atoms with Crippen molar-refractivity contribution in [2.45, 2.75) is 63.5 Å². The lowest BCUT2D eigenvalue weighted by Gasteiger charge is -2.18. The molecule has 7 heteroatoms. The first kappa shape index (κ1) is 23.4. The van der Waals surface area contributed by atoms with E-state index in [2.05, 4.69) is 34.9 Å². The molecule has 3 aliphatic carbocycles. The van der Waals surface area contributed by atoms with E-state index in [0.717, 1.165) is 12.8 Å². The van der Waals surface area contributed by atoms with Gasteiger partial charge in [0.25, 0.3) is 0 Å². The maximum absolute atomic E-state index is 12.4. The highest BCUT2D eigenvalue weighted by molar-refractivity contribution is 5.81. The van der Waals surface area contributed by atoms with Gasteiger partial charge in [0, 0.05) is 24.4 Å². The lowest BCUT2D eigenvalue weighted by atomic mass is 9.98.